The number of hydrogen-bond acceptors (Lipinski definition) is 5. The molecule has 1 unspecified atom stereocenters. The number of nitrogens with one attached hydrogen (secondary N) is 1. The highest BCUT2D eigenvalue weighted by molar-refractivity contribution is 5.91. The molecular formula is C18H23N3O3. The summed E-state index contributed by atoms with van der Waals surface area (Å²) in [4.78, 5) is 14.4. The Kier molecular flexibility index (Phi) is 5.15. The topological polar surface area (TPSA) is 67.6 Å². The van der Waals surface area contributed by atoms with Crippen molar-refractivity contribution in [3.8, 4) is 5.75 Å². The maximum absolute atomic E-state index is 12.2. The van der Waals surface area contributed by atoms with Gasteiger partial charge in [-0.15, -0.1) is 0 Å². The molecule has 1 aromatic carbocycles. The minimum absolute atomic E-state index is 0.0684. The highest BCUT2D eigenvalue weighted by Gasteiger charge is 2.27. The molecule has 1 saturated heterocycles. The Labute approximate surface area is 141 Å². The first-order valence-electron chi connectivity index (χ1n) is 8.35. The van der Waals surface area contributed by atoms with Crippen LogP contribution in [0, 0.1) is 6.92 Å². The number of ether oxygens (including phenoxy) is 1. The van der Waals surface area contributed by atoms with Gasteiger partial charge in [0.25, 0.3) is 0 Å². The number of rotatable bonds is 6. The van der Waals surface area contributed by atoms with E-state index in [0.29, 0.717) is 24.7 Å². The number of carbonyl (C=O) groups excluding carboxylic acids is 1. The van der Waals surface area contributed by atoms with Crippen molar-refractivity contribution in [2.45, 2.75) is 32.7 Å². The smallest absolute Gasteiger partial charge is 0.239 e. The van der Waals surface area contributed by atoms with E-state index in [1.54, 1.807) is 13.0 Å². The maximum Gasteiger partial charge on any atom is 0.239 e. The highest BCUT2D eigenvalue weighted by Crippen LogP contribution is 2.32. The lowest BCUT2D eigenvalue weighted by atomic mass is 10.0. The first-order chi connectivity index (χ1) is 11.7. The van der Waals surface area contributed by atoms with E-state index in [9.17, 15) is 4.79 Å². The molecule has 6 heteroatoms. The van der Waals surface area contributed by atoms with Gasteiger partial charge in [0.05, 0.1) is 13.2 Å². The molecule has 3 rings (SSSR count). The summed E-state index contributed by atoms with van der Waals surface area (Å²) in [6, 6.07) is 10.2. The Morgan fingerprint density at radius 2 is 2.21 bits per heavy atom. The van der Waals surface area contributed by atoms with Crippen LogP contribution in [0.4, 0.5) is 5.82 Å². The number of likely N-dealkylation sites (tertiary alicyclic amines) is 1. The summed E-state index contributed by atoms with van der Waals surface area (Å²) < 4.78 is 10.5. The van der Waals surface area contributed by atoms with Gasteiger partial charge in [-0.3, -0.25) is 9.69 Å². The Morgan fingerprint density at radius 3 is 2.88 bits per heavy atom. The molecule has 1 aliphatic rings. The Balaban J connectivity index is 1.61. The molecule has 1 aliphatic heterocycles. The number of hydrogen-bond donors (Lipinski definition) is 1. The average molecular weight is 329 g/mol. The molecule has 1 aromatic heterocycles. The van der Waals surface area contributed by atoms with Crippen molar-refractivity contribution in [3.63, 3.8) is 0 Å². The van der Waals surface area contributed by atoms with Crippen molar-refractivity contribution in [3.05, 3.63) is 41.7 Å². The summed E-state index contributed by atoms with van der Waals surface area (Å²) in [5, 5.41) is 6.58. The first-order valence-corrected chi connectivity index (χ1v) is 8.35. The van der Waals surface area contributed by atoms with Gasteiger partial charge in [0, 0.05) is 12.1 Å². The fourth-order valence-corrected chi connectivity index (χ4v) is 3.14. The Morgan fingerprint density at radius 1 is 1.42 bits per heavy atom. The lowest BCUT2D eigenvalue weighted by molar-refractivity contribution is -0.117. The van der Waals surface area contributed by atoms with E-state index in [2.05, 4.69) is 27.5 Å². The van der Waals surface area contributed by atoms with Gasteiger partial charge in [-0.05, 0) is 50.9 Å². The van der Waals surface area contributed by atoms with Crippen LogP contribution in [0.2, 0.25) is 0 Å². The second-order valence-electron chi connectivity index (χ2n) is 6.00. The van der Waals surface area contributed by atoms with E-state index in [-0.39, 0.29) is 11.9 Å². The van der Waals surface area contributed by atoms with Crippen molar-refractivity contribution in [2.24, 2.45) is 0 Å². The molecule has 6 nitrogen and oxygen atoms in total. The minimum atomic E-state index is -0.0684. The van der Waals surface area contributed by atoms with Crippen LogP contribution in [0.1, 0.15) is 37.1 Å². The van der Waals surface area contributed by atoms with Gasteiger partial charge in [0.15, 0.2) is 5.82 Å². The van der Waals surface area contributed by atoms with E-state index in [4.69, 9.17) is 9.26 Å². The van der Waals surface area contributed by atoms with Gasteiger partial charge >= 0.3 is 0 Å². The molecule has 1 fully saturated rings. The molecule has 24 heavy (non-hydrogen) atoms. The number of nitrogens with zero attached hydrogens (tertiary/aromatic N) is 2. The van der Waals surface area contributed by atoms with Crippen LogP contribution >= 0.6 is 0 Å². The third-order valence-electron chi connectivity index (χ3n) is 4.18. The molecule has 1 atom stereocenters. The maximum atomic E-state index is 12.2. The van der Waals surface area contributed by atoms with Crippen molar-refractivity contribution < 1.29 is 14.1 Å². The molecule has 0 radical (unpaired) electrons. The van der Waals surface area contributed by atoms with Crippen LogP contribution in [0.15, 0.2) is 34.9 Å². The van der Waals surface area contributed by atoms with E-state index in [1.165, 1.54) is 5.56 Å². The van der Waals surface area contributed by atoms with Gasteiger partial charge in [-0.2, -0.15) is 0 Å². The number of anilines is 1. The zero-order valence-electron chi connectivity index (χ0n) is 14.1. The molecule has 2 heterocycles. The van der Waals surface area contributed by atoms with E-state index >= 15 is 0 Å². The molecule has 0 bridgehead atoms. The van der Waals surface area contributed by atoms with Crippen molar-refractivity contribution in [1.82, 2.24) is 10.1 Å². The van der Waals surface area contributed by atoms with Gasteiger partial charge in [-0.1, -0.05) is 17.3 Å². The average Bonchev–Trinajstić information content (AvgIpc) is 3.17. The number of aryl methyl sites for hydroxylation is 1. The molecule has 0 spiro atoms. The van der Waals surface area contributed by atoms with Crippen molar-refractivity contribution >= 4 is 11.7 Å². The quantitative estimate of drug-likeness (QED) is 0.882. The highest BCUT2D eigenvalue weighted by atomic mass is 16.5. The van der Waals surface area contributed by atoms with E-state index in [0.717, 1.165) is 25.1 Å². The van der Waals surface area contributed by atoms with Crippen LogP contribution < -0.4 is 10.1 Å². The van der Waals surface area contributed by atoms with Gasteiger partial charge < -0.3 is 14.6 Å². The van der Waals surface area contributed by atoms with Gasteiger partial charge in [0.2, 0.25) is 5.91 Å². The summed E-state index contributed by atoms with van der Waals surface area (Å²) in [6.45, 7) is 5.70. The monoisotopic (exact) mass is 329 g/mol. The molecule has 2 aromatic rings. The molecular weight excluding hydrogens is 306 g/mol. The van der Waals surface area contributed by atoms with Crippen LogP contribution in [-0.2, 0) is 4.79 Å². The number of carbonyl (C=O) groups is 1. The fraction of sp³-hybridized carbons (Fsp3) is 0.444. The van der Waals surface area contributed by atoms with E-state index < -0.39 is 0 Å². The van der Waals surface area contributed by atoms with Crippen LogP contribution in [0.5, 0.6) is 5.75 Å². The lowest BCUT2D eigenvalue weighted by Crippen LogP contribution is -2.33. The molecule has 128 valence electrons. The number of amides is 1. The van der Waals surface area contributed by atoms with Crippen LogP contribution in [0.25, 0.3) is 0 Å². The fourth-order valence-electron chi connectivity index (χ4n) is 3.14. The summed E-state index contributed by atoms with van der Waals surface area (Å²) in [5.41, 5.74) is 1.22. The van der Waals surface area contributed by atoms with Crippen LogP contribution in [0.3, 0.4) is 0 Å². The Hall–Kier alpha value is -2.34. The summed E-state index contributed by atoms with van der Waals surface area (Å²) in [6.07, 6.45) is 2.15. The largest absolute Gasteiger partial charge is 0.494 e. The predicted molar refractivity (Wildman–Crippen MR) is 91.0 cm³/mol. The van der Waals surface area contributed by atoms with Gasteiger partial charge in [-0.25, -0.2) is 0 Å². The summed E-state index contributed by atoms with van der Waals surface area (Å²) >= 11 is 0. The SMILES string of the molecule is CCOc1ccc(C2CCCN2CC(=O)Nc2cc(C)on2)cc1. The zero-order chi connectivity index (χ0) is 16.9. The standard InChI is InChI=1S/C18H23N3O3/c1-3-23-15-8-6-14(7-9-15)16-5-4-10-21(16)12-18(22)19-17-11-13(2)24-20-17/h6-9,11,16H,3-5,10,12H2,1-2H3,(H,19,20,22). The second-order valence-corrected chi connectivity index (χ2v) is 6.00. The molecule has 0 saturated carbocycles. The normalized spacial score (nSPS) is 17.8. The first kappa shape index (κ1) is 16.5. The van der Waals surface area contributed by atoms with Crippen LogP contribution in [-0.4, -0.2) is 35.7 Å². The van der Waals surface area contributed by atoms with E-state index in [1.807, 2.05) is 19.1 Å². The number of aromatic nitrogens is 1. The summed E-state index contributed by atoms with van der Waals surface area (Å²) in [7, 11) is 0. The minimum Gasteiger partial charge on any atom is -0.494 e. The third kappa shape index (κ3) is 3.94. The summed E-state index contributed by atoms with van der Waals surface area (Å²) in [5.74, 6) is 1.96. The predicted octanol–water partition coefficient (Wildman–Crippen LogP) is 3.16. The Bertz CT molecular complexity index is 681. The second kappa shape index (κ2) is 7.49. The molecule has 1 amide bonds. The molecule has 1 N–H and O–H groups in total. The zero-order valence-corrected chi connectivity index (χ0v) is 14.1. The van der Waals surface area contributed by atoms with Crippen molar-refractivity contribution in [1.29, 1.82) is 0 Å². The number of benzene rings is 1. The molecule has 0 aliphatic carbocycles. The third-order valence-corrected chi connectivity index (χ3v) is 4.18. The van der Waals surface area contributed by atoms with Crippen molar-refractivity contribution in [2.75, 3.05) is 25.0 Å². The lowest BCUT2D eigenvalue weighted by Gasteiger charge is -2.24. The van der Waals surface area contributed by atoms with Gasteiger partial charge in [0.1, 0.15) is 11.5 Å².